The average Bonchev–Trinajstić information content (AvgIpc) is 3.39. The summed E-state index contributed by atoms with van der Waals surface area (Å²) in [6, 6.07) is 16.7. The van der Waals surface area contributed by atoms with Crippen molar-refractivity contribution in [3.63, 3.8) is 0 Å². The van der Waals surface area contributed by atoms with Crippen molar-refractivity contribution in [2.75, 3.05) is 11.9 Å². The number of carbonyl (C=O) groups is 2. The fraction of sp³-hybridized carbons (Fsp3) is 0.192. The Hall–Kier alpha value is -3.22. The van der Waals surface area contributed by atoms with Gasteiger partial charge < -0.3 is 10.1 Å². The number of esters is 1. The largest absolute Gasteiger partial charge is 0.462 e. The fourth-order valence-electron chi connectivity index (χ4n) is 4.21. The molecular formula is C26H21ClN2O3S. The molecule has 2 aromatic heterocycles. The number of pyridine rings is 1. The average molecular weight is 477 g/mol. The minimum Gasteiger partial charge on any atom is -0.462 e. The zero-order valence-electron chi connectivity index (χ0n) is 18.0. The van der Waals surface area contributed by atoms with Gasteiger partial charge in [-0.1, -0.05) is 41.9 Å². The Balaban J connectivity index is 1.57. The number of halogens is 1. The van der Waals surface area contributed by atoms with E-state index >= 15 is 0 Å². The lowest BCUT2D eigenvalue weighted by molar-refractivity contribution is 0.0527. The Morgan fingerprint density at radius 3 is 2.70 bits per heavy atom. The lowest BCUT2D eigenvalue weighted by Crippen LogP contribution is -2.16. The van der Waals surface area contributed by atoms with Gasteiger partial charge in [0.1, 0.15) is 5.00 Å². The van der Waals surface area contributed by atoms with Crippen LogP contribution in [0.15, 0.2) is 54.6 Å². The molecule has 1 N–H and O–H groups in total. The van der Waals surface area contributed by atoms with Gasteiger partial charge in [0.25, 0.3) is 5.91 Å². The molecule has 166 valence electrons. The van der Waals surface area contributed by atoms with Crippen molar-refractivity contribution < 1.29 is 14.3 Å². The first-order valence-electron chi connectivity index (χ1n) is 10.8. The zero-order chi connectivity index (χ0) is 22.9. The maximum atomic E-state index is 13.5. The van der Waals surface area contributed by atoms with Crippen molar-refractivity contribution in [1.82, 2.24) is 4.98 Å². The minimum atomic E-state index is -0.381. The van der Waals surface area contributed by atoms with E-state index < -0.39 is 0 Å². The van der Waals surface area contributed by atoms with Crippen molar-refractivity contribution in [2.24, 2.45) is 0 Å². The summed E-state index contributed by atoms with van der Waals surface area (Å²) in [5, 5.41) is 4.94. The summed E-state index contributed by atoms with van der Waals surface area (Å²) >= 11 is 7.51. The molecule has 7 heteroatoms. The SMILES string of the molecule is CCOC(=O)c1c(NC(=O)c2cc(-c3ccc(Cl)cc3)nc3ccccc23)sc2c1CCC2. The lowest BCUT2D eigenvalue weighted by atomic mass is 10.0. The Morgan fingerprint density at radius 2 is 1.91 bits per heavy atom. The second kappa shape index (κ2) is 8.96. The Kier molecular flexibility index (Phi) is 5.87. The number of hydrogen-bond donors (Lipinski definition) is 1. The van der Waals surface area contributed by atoms with Crippen LogP contribution >= 0.6 is 22.9 Å². The van der Waals surface area contributed by atoms with Crippen LogP contribution in [0.1, 0.15) is 44.5 Å². The first-order valence-corrected chi connectivity index (χ1v) is 12.0. The highest BCUT2D eigenvalue weighted by Crippen LogP contribution is 2.40. The second-order valence-corrected chi connectivity index (χ2v) is 9.36. The van der Waals surface area contributed by atoms with Gasteiger partial charge in [-0.15, -0.1) is 11.3 Å². The molecule has 0 unspecified atom stereocenters. The number of ether oxygens (including phenoxy) is 1. The number of nitrogens with one attached hydrogen (secondary N) is 1. The number of benzene rings is 2. The predicted octanol–water partition coefficient (Wildman–Crippen LogP) is 6.53. The fourth-order valence-corrected chi connectivity index (χ4v) is 5.61. The van der Waals surface area contributed by atoms with Crippen molar-refractivity contribution in [3.05, 3.63) is 81.2 Å². The predicted molar refractivity (Wildman–Crippen MR) is 132 cm³/mol. The summed E-state index contributed by atoms with van der Waals surface area (Å²) < 4.78 is 5.29. The zero-order valence-corrected chi connectivity index (χ0v) is 19.6. The summed E-state index contributed by atoms with van der Waals surface area (Å²) in [6.07, 6.45) is 2.76. The van der Waals surface area contributed by atoms with Gasteiger partial charge in [-0.2, -0.15) is 0 Å². The van der Waals surface area contributed by atoms with Crippen LogP contribution in [0.25, 0.3) is 22.2 Å². The summed E-state index contributed by atoms with van der Waals surface area (Å²) in [4.78, 5) is 32.1. The molecule has 5 rings (SSSR count). The molecule has 1 aliphatic carbocycles. The van der Waals surface area contributed by atoms with Gasteiger partial charge in [0.05, 0.1) is 28.9 Å². The number of rotatable bonds is 5. The molecule has 0 fully saturated rings. The van der Waals surface area contributed by atoms with Crippen LogP contribution in [0.4, 0.5) is 5.00 Å². The molecule has 0 atom stereocenters. The van der Waals surface area contributed by atoms with Gasteiger partial charge in [-0.05, 0) is 56.0 Å². The molecular weight excluding hydrogens is 456 g/mol. The van der Waals surface area contributed by atoms with Gasteiger partial charge in [0.15, 0.2) is 0 Å². The second-order valence-electron chi connectivity index (χ2n) is 7.82. The third-order valence-electron chi connectivity index (χ3n) is 5.73. The molecule has 2 heterocycles. The number of hydrogen-bond acceptors (Lipinski definition) is 5. The van der Waals surface area contributed by atoms with E-state index in [0.29, 0.717) is 26.8 Å². The molecule has 0 bridgehead atoms. The Bertz CT molecular complexity index is 1380. The van der Waals surface area contributed by atoms with E-state index in [4.69, 9.17) is 21.3 Å². The molecule has 1 aliphatic rings. The number of nitrogens with zero attached hydrogens (tertiary/aromatic N) is 1. The van der Waals surface area contributed by atoms with E-state index in [-0.39, 0.29) is 18.5 Å². The van der Waals surface area contributed by atoms with Crippen LogP contribution in [0.2, 0.25) is 5.02 Å². The van der Waals surface area contributed by atoms with E-state index in [2.05, 4.69) is 5.32 Å². The van der Waals surface area contributed by atoms with Crippen molar-refractivity contribution in [2.45, 2.75) is 26.2 Å². The monoisotopic (exact) mass is 476 g/mol. The van der Waals surface area contributed by atoms with Crippen LogP contribution in [0.3, 0.4) is 0 Å². The summed E-state index contributed by atoms with van der Waals surface area (Å²) in [5.41, 5.74) is 4.26. The highest BCUT2D eigenvalue weighted by molar-refractivity contribution is 7.17. The Labute approximate surface area is 200 Å². The van der Waals surface area contributed by atoms with Gasteiger partial charge >= 0.3 is 5.97 Å². The highest BCUT2D eigenvalue weighted by atomic mass is 35.5. The normalized spacial score (nSPS) is 12.5. The Morgan fingerprint density at radius 1 is 1.12 bits per heavy atom. The van der Waals surface area contributed by atoms with Crippen LogP contribution in [0.5, 0.6) is 0 Å². The number of para-hydroxylation sites is 1. The third kappa shape index (κ3) is 4.12. The topological polar surface area (TPSA) is 68.3 Å². The van der Waals surface area contributed by atoms with Gasteiger partial charge in [0, 0.05) is 20.8 Å². The smallest absolute Gasteiger partial charge is 0.341 e. The maximum absolute atomic E-state index is 13.5. The third-order valence-corrected chi connectivity index (χ3v) is 7.19. The molecule has 4 aromatic rings. The molecule has 0 aliphatic heterocycles. The maximum Gasteiger partial charge on any atom is 0.341 e. The highest BCUT2D eigenvalue weighted by Gasteiger charge is 2.29. The molecule has 0 spiro atoms. The number of aromatic nitrogens is 1. The molecule has 0 radical (unpaired) electrons. The van der Waals surface area contributed by atoms with Crippen LogP contribution < -0.4 is 5.32 Å². The number of fused-ring (bicyclic) bond motifs is 2. The molecule has 1 amide bonds. The van der Waals surface area contributed by atoms with Crippen LogP contribution in [-0.2, 0) is 17.6 Å². The van der Waals surface area contributed by atoms with Crippen molar-refractivity contribution in [3.8, 4) is 11.3 Å². The first-order chi connectivity index (χ1) is 16.0. The van der Waals surface area contributed by atoms with Gasteiger partial charge in [0.2, 0.25) is 0 Å². The van der Waals surface area contributed by atoms with E-state index in [1.54, 1.807) is 25.1 Å². The number of anilines is 1. The molecule has 5 nitrogen and oxygen atoms in total. The number of thiophene rings is 1. The first kappa shape index (κ1) is 21.6. The molecule has 2 aromatic carbocycles. The van der Waals surface area contributed by atoms with E-state index in [9.17, 15) is 9.59 Å². The summed E-state index contributed by atoms with van der Waals surface area (Å²) in [6.45, 7) is 2.07. The number of carbonyl (C=O) groups excluding carboxylic acids is 2. The quantitative estimate of drug-likeness (QED) is 0.332. The van der Waals surface area contributed by atoms with Crippen LogP contribution in [-0.4, -0.2) is 23.5 Å². The van der Waals surface area contributed by atoms with Gasteiger partial charge in [-0.3, -0.25) is 4.79 Å². The van der Waals surface area contributed by atoms with Crippen LogP contribution in [0, 0.1) is 0 Å². The van der Waals surface area contributed by atoms with E-state index in [1.165, 1.54) is 11.3 Å². The van der Waals surface area contributed by atoms with E-state index in [0.717, 1.165) is 46.2 Å². The molecule has 33 heavy (non-hydrogen) atoms. The van der Waals surface area contributed by atoms with Crippen molar-refractivity contribution in [1.29, 1.82) is 0 Å². The number of amides is 1. The minimum absolute atomic E-state index is 0.283. The van der Waals surface area contributed by atoms with Gasteiger partial charge in [-0.25, -0.2) is 9.78 Å². The molecule has 0 saturated carbocycles. The van der Waals surface area contributed by atoms with E-state index in [1.807, 2.05) is 36.4 Å². The summed E-state index contributed by atoms with van der Waals surface area (Å²) in [5.74, 6) is -0.664. The standard InChI is InChI=1S/C26H21ClN2O3S/c1-2-32-26(31)23-18-7-5-9-22(18)33-25(23)29-24(30)19-14-21(15-10-12-16(27)13-11-15)28-20-8-4-3-6-17(19)20/h3-4,6,8,10-14H,2,5,7,9H2,1H3,(H,29,30). The molecule has 0 saturated heterocycles. The lowest BCUT2D eigenvalue weighted by Gasteiger charge is -2.11. The van der Waals surface area contributed by atoms with Crippen molar-refractivity contribution >= 4 is 50.7 Å². The summed E-state index contributed by atoms with van der Waals surface area (Å²) in [7, 11) is 0. The number of aryl methyl sites for hydroxylation is 1.